The first-order chi connectivity index (χ1) is 11.8. The van der Waals surface area contributed by atoms with Crippen LogP contribution < -0.4 is 22.3 Å². The largest absolute Gasteiger partial charge is 0.387 e. The summed E-state index contributed by atoms with van der Waals surface area (Å²) in [4.78, 5) is 46.9. The molecule has 0 radical (unpaired) electrons. The third-order valence-electron chi connectivity index (χ3n) is 3.87. The predicted molar refractivity (Wildman–Crippen MR) is 83.5 cm³/mol. The lowest BCUT2D eigenvalue weighted by molar-refractivity contribution is -0.123. The van der Waals surface area contributed by atoms with Crippen molar-refractivity contribution in [2.45, 2.75) is 43.4 Å². The lowest BCUT2D eigenvalue weighted by atomic mass is 10.1. The molecule has 0 aromatic carbocycles. The van der Waals surface area contributed by atoms with Crippen LogP contribution in [0.1, 0.15) is 19.1 Å². The first-order valence-corrected chi connectivity index (χ1v) is 7.65. The minimum atomic E-state index is -1.44. The fourth-order valence-corrected chi connectivity index (χ4v) is 2.47. The van der Waals surface area contributed by atoms with Crippen LogP contribution in [-0.4, -0.2) is 62.9 Å². The SMILES string of the molecule is NC(CCC=O)C(=O)NC[C@H]1O[C@@H](n2ccc(=O)[nH]c2=O)[C@H](O)[C@@H]1O. The van der Waals surface area contributed by atoms with Crippen molar-refractivity contribution in [2.75, 3.05) is 6.54 Å². The Bertz CT molecular complexity index is 730. The summed E-state index contributed by atoms with van der Waals surface area (Å²) in [5, 5.41) is 22.6. The van der Waals surface area contributed by atoms with Crippen LogP contribution in [-0.2, 0) is 14.3 Å². The van der Waals surface area contributed by atoms with Crippen LogP contribution in [0.3, 0.4) is 0 Å². The second kappa shape index (κ2) is 8.16. The Morgan fingerprint density at radius 1 is 1.44 bits per heavy atom. The average Bonchev–Trinajstić information content (AvgIpc) is 2.85. The fraction of sp³-hybridized carbons (Fsp3) is 0.571. The first-order valence-electron chi connectivity index (χ1n) is 7.65. The molecule has 25 heavy (non-hydrogen) atoms. The second-order valence-electron chi connectivity index (χ2n) is 5.66. The third-order valence-corrected chi connectivity index (χ3v) is 3.87. The normalized spacial score (nSPS) is 27.0. The van der Waals surface area contributed by atoms with E-state index in [-0.39, 0.29) is 19.4 Å². The van der Waals surface area contributed by atoms with Gasteiger partial charge in [-0.1, -0.05) is 0 Å². The highest BCUT2D eigenvalue weighted by Gasteiger charge is 2.44. The lowest BCUT2D eigenvalue weighted by Crippen LogP contribution is -2.46. The number of carbonyl (C=O) groups is 2. The molecule has 0 saturated carbocycles. The van der Waals surface area contributed by atoms with Crippen LogP contribution in [0.4, 0.5) is 0 Å². The van der Waals surface area contributed by atoms with Crippen molar-refractivity contribution in [3.05, 3.63) is 33.1 Å². The van der Waals surface area contributed by atoms with Crippen molar-refractivity contribution in [1.29, 1.82) is 0 Å². The van der Waals surface area contributed by atoms with Crippen LogP contribution in [0, 0.1) is 0 Å². The van der Waals surface area contributed by atoms with Crippen molar-refractivity contribution >= 4 is 12.2 Å². The van der Waals surface area contributed by atoms with Gasteiger partial charge in [0.1, 0.15) is 24.6 Å². The number of aliphatic hydroxyl groups is 2. The van der Waals surface area contributed by atoms with E-state index in [1.165, 1.54) is 0 Å². The summed E-state index contributed by atoms with van der Waals surface area (Å²) in [5.41, 5.74) is 4.19. The summed E-state index contributed by atoms with van der Waals surface area (Å²) < 4.78 is 6.37. The van der Waals surface area contributed by atoms with Gasteiger partial charge in [0.15, 0.2) is 6.23 Å². The van der Waals surface area contributed by atoms with Crippen LogP contribution >= 0.6 is 0 Å². The Morgan fingerprint density at radius 3 is 2.80 bits per heavy atom. The van der Waals surface area contributed by atoms with Gasteiger partial charge in [-0.25, -0.2) is 4.79 Å². The molecular weight excluding hydrogens is 336 g/mol. The van der Waals surface area contributed by atoms with Crippen molar-refractivity contribution in [3.8, 4) is 0 Å². The van der Waals surface area contributed by atoms with Gasteiger partial charge in [0.05, 0.1) is 6.04 Å². The molecule has 138 valence electrons. The number of H-pyrrole nitrogens is 1. The van der Waals surface area contributed by atoms with Gasteiger partial charge in [0, 0.05) is 25.2 Å². The summed E-state index contributed by atoms with van der Waals surface area (Å²) in [6.45, 7) is -0.152. The summed E-state index contributed by atoms with van der Waals surface area (Å²) in [5.74, 6) is -0.531. The Kier molecular flexibility index (Phi) is 6.20. The van der Waals surface area contributed by atoms with Crippen molar-refractivity contribution in [2.24, 2.45) is 5.73 Å². The zero-order valence-electron chi connectivity index (χ0n) is 13.2. The Balaban J connectivity index is 2.00. The number of nitrogens with one attached hydrogen (secondary N) is 2. The Morgan fingerprint density at radius 2 is 2.16 bits per heavy atom. The number of nitrogens with two attached hydrogens (primary N) is 1. The van der Waals surface area contributed by atoms with Crippen molar-refractivity contribution in [3.63, 3.8) is 0 Å². The van der Waals surface area contributed by atoms with Gasteiger partial charge < -0.3 is 30.8 Å². The molecule has 11 heteroatoms. The number of amides is 1. The number of aromatic amines is 1. The van der Waals surface area contributed by atoms with E-state index in [9.17, 15) is 29.4 Å². The van der Waals surface area contributed by atoms with E-state index in [0.717, 1.165) is 16.8 Å². The minimum absolute atomic E-state index is 0.146. The molecule has 11 nitrogen and oxygen atoms in total. The molecule has 0 spiro atoms. The molecule has 1 aliphatic heterocycles. The lowest BCUT2D eigenvalue weighted by Gasteiger charge is -2.17. The molecule has 1 amide bonds. The van der Waals surface area contributed by atoms with E-state index in [0.29, 0.717) is 6.29 Å². The maximum atomic E-state index is 11.8. The van der Waals surface area contributed by atoms with Crippen LogP contribution in [0.15, 0.2) is 21.9 Å². The zero-order chi connectivity index (χ0) is 18.6. The molecule has 1 aliphatic rings. The standard InChI is InChI=1S/C14H20N4O7/c15-7(2-1-5-19)12(23)16-6-8-10(21)11(22)13(25-8)18-4-3-9(20)17-14(18)24/h3-5,7-8,10-11,13,21-22H,1-2,6,15H2,(H,16,23)(H,17,20,24)/t7?,8-,10-,11-,13-/m1/s1. The van der Waals surface area contributed by atoms with Crippen molar-refractivity contribution < 1.29 is 24.5 Å². The smallest absolute Gasteiger partial charge is 0.330 e. The molecule has 2 heterocycles. The highest BCUT2D eigenvalue weighted by molar-refractivity contribution is 5.81. The Hall–Kier alpha value is -2.34. The van der Waals surface area contributed by atoms with Crippen LogP contribution in [0.25, 0.3) is 0 Å². The number of ether oxygens (including phenoxy) is 1. The van der Waals surface area contributed by atoms with E-state index in [1.54, 1.807) is 0 Å². The fourth-order valence-electron chi connectivity index (χ4n) is 2.47. The molecular formula is C14H20N4O7. The first kappa shape index (κ1) is 19.0. The number of hydrogen-bond acceptors (Lipinski definition) is 8. The third kappa shape index (κ3) is 4.39. The van der Waals surface area contributed by atoms with Crippen LogP contribution in [0.5, 0.6) is 0 Å². The number of nitrogens with zero attached hydrogens (tertiary/aromatic N) is 1. The molecule has 1 fully saturated rings. The Labute approximate surface area is 141 Å². The highest BCUT2D eigenvalue weighted by atomic mass is 16.6. The number of rotatable bonds is 7. The molecule has 1 aromatic heterocycles. The zero-order valence-corrected chi connectivity index (χ0v) is 13.2. The van der Waals surface area contributed by atoms with Gasteiger partial charge >= 0.3 is 5.69 Å². The molecule has 0 aliphatic carbocycles. The maximum Gasteiger partial charge on any atom is 0.330 e. The van der Waals surface area contributed by atoms with Crippen LogP contribution in [0.2, 0.25) is 0 Å². The summed E-state index contributed by atoms with van der Waals surface area (Å²) >= 11 is 0. The molecule has 1 saturated heterocycles. The van der Waals surface area contributed by atoms with Gasteiger partial charge in [-0.2, -0.15) is 0 Å². The average molecular weight is 356 g/mol. The van der Waals surface area contributed by atoms with Gasteiger partial charge in [-0.15, -0.1) is 0 Å². The highest BCUT2D eigenvalue weighted by Crippen LogP contribution is 2.27. The monoisotopic (exact) mass is 356 g/mol. The minimum Gasteiger partial charge on any atom is -0.387 e. The van der Waals surface area contributed by atoms with E-state index in [4.69, 9.17) is 10.5 Å². The topological polar surface area (TPSA) is 177 Å². The molecule has 1 aromatic rings. The maximum absolute atomic E-state index is 11.8. The second-order valence-corrected chi connectivity index (χ2v) is 5.66. The van der Waals surface area contributed by atoms with Gasteiger partial charge in [-0.05, 0) is 6.42 Å². The molecule has 6 N–H and O–H groups in total. The van der Waals surface area contributed by atoms with E-state index in [1.807, 2.05) is 4.98 Å². The van der Waals surface area contributed by atoms with Crippen molar-refractivity contribution in [1.82, 2.24) is 14.9 Å². The number of aliphatic hydroxyl groups excluding tert-OH is 2. The summed E-state index contributed by atoms with van der Waals surface area (Å²) in [6, 6.07) is 0.191. The number of aldehydes is 1. The number of hydrogen-bond donors (Lipinski definition) is 5. The number of carbonyl (C=O) groups excluding carboxylic acids is 2. The molecule has 0 bridgehead atoms. The molecule has 1 unspecified atom stereocenters. The number of aromatic nitrogens is 2. The van der Waals surface area contributed by atoms with Gasteiger partial charge in [0.2, 0.25) is 5.91 Å². The summed E-state index contributed by atoms with van der Waals surface area (Å²) in [6.07, 6.45) is -2.89. The van der Waals surface area contributed by atoms with Gasteiger partial charge in [0.25, 0.3) is 5.56 Å². The molecule has 2 rings (SSSR count). The molecule has 5 atom stereocenters. The predicted octanol–water partition coefficient (Wildman–Crippen LogP) is -3.42. The van der Waals surface area contributed by atoms with Gasteiger partial charge in [-0.3, -0.25) is 19.1 Å². The van der Waals surface area contributed by atoms with E-state index >= 15 is 0 Å². The van der Waals surface area contributed by atoms with E-state index in [2.05, 4.69) is 5.32 Å². The summed E-state index contributed by atoms with van der Waals surface area (Å²) in [7, 11) is 0. The van der Waals surface area contributed by atoms with E-state index < -0.39 is 47.7 Å². The quantitative estimate of drug-likeness (QED) is 0.314.